The lowest BCUT2D eigenvalue weighted by molar-refractivity contribution is -0.0251. The largest absolute Gasteiger partial charge is 0.381 e. The minimum atomic E-state index is 0.471. The quantitative estimate of drug-likeness (QED) is 0.576. The van der Waals surface area contributed by atoms with Crippen molar-refractivity contribution >= 4 is 0 Å². The highest BCUT2D eigenvalue weighted by Gasteiger charge is 2.20. The van der Waals surface area contributed by atoms with Gasteiger partial charge in [0.05, 0.1) is 13.7 Å². The molecule has 3 heteroatoms. The third kappa shape index (κ3) is 1.94. The molecule has 0 amide bonds. The first-order valence-corrected chi connectivity index (χ1v) is 3.71. The number of hydrogen-bond donors (Lipinski definition) is 1. The van der Waals surface area contributed by atoms with Crippen LogP contribution in [0.15, 0.2) is 0 Å². The van der Waals surface area contributed by atoms with Crippen molar-refractivity contribution in [3.8, 4) is 0 Å². The highest BCUT2D eigenvalue weighted by molar-refractivity contribution is 4.73. The molecule has 0 saturated carbocycles. The summed E-state index contributed by atoms with van der Waals surface area (Å²) in [5.74, 6) is 0.564. The van der Waals surface area contributed by atoms with Gasteiger partial charge in [0.2, 0.25) is 0 Å². The SMILES string of the molecule is CONC1CCOCC1C. The summed E-state index contributed by atoms with van der Waals surface area (Å²) in [7, 11) is 1.65. The van der Waals surface area contributed by atoms with E-state index in [-0.39, 0.29) is 0 Å². The van der Waals surface area contributed by atoms with Crippen molar-refractivity contribution < 1.29 is 9.57 Å². The van der Waals surface area contributed by atoms with E-state index in [1.165, 1.54) is 0 Å². The monoisotopic (exact) mass is 145 g/mol. The summed E-state index contributed by atoms with van der Waals surface area (Å²) in [6, 6.07) is 0.471. The Morgan fingerprint density at radius 2 is 2.40 bits per heavy atom. The van der Waals surface area contributed by atoms with Crippen LogP contribution < -0.4 is 5.48 Å². The zero-order chi connectivity index (χ0) is 7.40. The second-order valence-electron chi connectivity index (χ2n) is 2.77. The van der Waals surface area contributed by atoms with Crippen LogP contribution >= 0.6 is 0 Å². The molecule has 0 spiro atoms. The summed E-state index contributed by atoms with van der Waals surface area (Å²) in [6.07, 6.45) is 1.05. The van der Waals surface area contributed by atoms with Crippen LogP contribution in [0.25, 0.3) is 0 Å². The molecule has 10 heavy (non-hydrogen) atoms. The maximum Gasteiger partial charge on any atom is 0.0572 e. The smallest absolute Gasteiger partial charge is 0.0572 e. The average molecular weight is 145 g/mol. The van der Waals surface area contributed by atoms with Crippen LogP contribution in [0.2, 0.25) is 0 Å². The van der Waals surface area contributed by atoms with E-state index in [0.717, 1.165) is 19.6 Å². The van der Waals surface area contributed by atoms with Gasteiger partial charge in [0.25, 0.3) is 0 Å². The summed E-state index contributed by atoms with van der Waals surface area (Å²) in [5.41, 5.74) is 2.95. The molecule has 60 valence electrons. The lowest BCUT2D eigenvalue weighted by Gasteiger charge is -2.28. The van der Waals surface area contributed by atoms with Crippen molar-refractivity contribution in [2.24, 2.45) is 5.92 Å². The normalized spacial score (nSPS) is 34.2. The van der Waals surface area contributed by atoms with Crippen molar-refractivity contribution in [2.75, 3.05) is 20.3 Å². The molecule has 1 rings (SSSR count). The van der Waals surface area contributed by atoms with Crippen LogP contribution in [0.3, 0.4) is 0 Å². The van der Waals surface area contributed by atoms with E-state index in [4.69, 9.17) is 9.57 Å². The van der Waals surface area contributed by atoms with Crippen molar-refractivity contribution in [2.45, 2.75) is 19.4 Å². The van der Waals surface area contributed by atoms with Crippen LogP contribution in [-0.2, 0) is 9.57 Å². The van der Waals surface area contributed by atoms with Gasteiger partial charge < -0.3 is 9.57 Å². The minimum absolute atomic E-state index is 0.471. The number of nitrogens with one attached hydrogen (secondary N) is 1. The van der Waals surface area contributed by atoms with E-state index in [9.17, 15) is 0 Å². The van der Waals surface area contributed by atoms with Crippen LogP contribution in [0.4, 0.5) is 0 Å². The summed E-state index contributed by atoms with van der Waals surface area (Å²) >= 11 is 0. The fourth-order valence-electron chi connectivity index (χ4n) is 1.21. The van der Waals surface area contributed by atoms with E-state index in [2.05, 4.69) is 12.4 Å². The van der Waals surface area contributed by atoms with Gasteiger partial charge in [-0.05, 0) is 12.3 Å². The Bertz CT molecular complexity index is 95.6. The van der Waals surface area contributed by atoms with E-state index in [1.807, 2.05) is 0 Å². The van der Waals surface area contributed by atoms with Crippen molar-refractivity contribution in [1.29, 1.82) is 0 Å². The lowest BCUT2D eigenvalue weighted by Crippen LogP contribution is -2.40. The third-order valence-corrected chi connectivity index (χ3v) is 1.91. The molecule has 1 heterocycles. The number of hydroxylamine groups is 1. The summed E-state index contributed by atoms with van der Waals surface area (Å²) in [4.78, 5) is 4.85. The first-order valence-electron chi connectivity index (χ1n) is 3.71. The van der Waals surface area contributed by atoms with E-state index in [1.54, 1.807) is 7.11 Å². The number of hydrogen-bond acceptors (Lipinski definition) is 3. The Labute approximate surface area is 61.7 Å². The van der Waals surface area contributed by atoms with Crippen molar-refractivity contribution in [1.82, 2.24) is 5.48 Å². The van der Waals surface area contributed by atoms with Gasteiger partial charge in [-0.2, -0.15) is 5.48 Å². The predicted molar refractivity (Wildman–Crippen MR) is 38.5 cm³/mol. The van der Waals surface area contributed by atoms with Crippen LogP contribution in [0, 0.1) is 5.92 Å². The molecule has 0 aliphatic carbocycles. The molecular formula is C7H15NO2. The molecular weight excluding hydrogens is 130 g/mol. The van der Waals surface area contributed by atoms with Crippen molar-refractivity contribution in [3.05, 3.63) is 0 Å². The zero-order valence-corrected chi connectivity index (χ0v) is 6.59. The van der Waals surface area contributed by atoms with E-state index in [0.29, 0.717) is 12.0 Å². The summed E-state index contributed by atoms with van der Waals surface area (Å²) in [6.45, 7) is 3.86. The molecule has 0 bridgehead atoms. The lowest BCUT2D eigenvalue weighted by atomic mass is 9.99. The Kier molecular flexibility index (Phi) is 3.12. The Balaban J connectivity index is 2.25. The minimum Gasteiger partial charge on any atom is -0.381 e. The van der Waals surface area contributed by atoms with Gasteiger partial charge in [-0.25, -0.2) is 0 Å². The molecule has 1 aliphatic rings. The standard InChI is InChI=1S/C7H15NO2/c1-6-5-10-4-3-7(6)8-9-2/h6-8H,3-5H2,1-2H3. The first kappa shape index (κ1) is 7.98. The molecule has 1 aliphatic heterocycles. The second-order valence-corrected chi connectivity index (χ2v) is 2.77. The van der Waals surface area contributed by atoms with Gasteiger partial charge in [0.1, 0.15) is 0 Å². The van der Waals surface area contributed by atoms with Crippen LogP contribution in [0.1, 0.15) is 13.3 Å². The number of rotatable bonds is 2. The Hall–Kier alpha value is -0.120. The van der Waals surface area contributed by atoms with Crippen LogP contribution in [0.5, 0.6) is 0 Å². The van der Waals surface area contributed by atoms with Crippen molar-refractivity contribution in [3.63, 3.8) is 0 Å². The fourth-order valence-corrected chi connectivity index (χ4v) is 1.21. The molecule has 1 N–H and O–H groups in total. The molecule has 0 radical (unpaired) electrons. The summed E-state index contributed by atoms with van der Waals surface area (Å²) in [5, 5.41) is 0. The van der Waals surface area contributed by atoms with Gasteiger partial charge in [0, 0.05) is 12.6 Å². The predicted octanol–water partition coefficient (Wildman–Crippen LogP) is 0.562. The molecule has 1 saturated heterocycles. The molecule has 2 atom stereocenters. The maximum absolute atomic E-state index is 5.26. The molecule has 1 fully saturated rings. The fraction of sp³-hybridized carbons (Fsp3) is 1.00. The van der Waals surface area contributed by atoms with Gasteiger partial charge >= 0.3 is 0 Å². The second kappa shape index (κ2) is 3.91. The third-order valence-electron chi connectivity index (χ3n) is 1.91. The molecule has 0 aromatic heterocycles. The van der Waals surface area contributed by atoms with Gasteiger partial charge in [-0.3, -0.25) is 0 Å². The average Bonchev–Trinajstić information content (AvgIpc) is 1.94. The Morgan fingerprint density at radius 1 is 1.60 bits per heavy atom. The Morgan fingerprint density at radius 3 is 3.00 bits per heavy atom. The van der Waals surface area contributed by atoms with Crippen LogP contribution in [-0.4, -0.2) is 26.4 Å². The molecule has 3 nitrogen and oxygen atoms in total. The molecule has 2 unspecified atom stereocenters. The molecule has 0 aromatic rings. The zero-order valence-electron chi connectivity index (χ0n) is 6.59. The molecule has 0 aromatic carbocycles. The van der Waals surface area contributed by atoms with Gasteiger partial charge in [0.15, 0.2) is 0 Å². The highest BCUT2D eigenvalue weighted by Crippen LogP contribution is 2.13. The summed E-state index contributed by atoms with van der Waals surface area (Å²) < 4.78 is 5.26. The maximum atomic E-state index is 5.26. The first-order chi connectivity index (χ1) is 4.84. The van der Waals surface area contributed by atoms with Gasteiger partial charge in [-0.1, -0.05) is 6.92 Å². The van der Waals surface area contributed by atoms with E-state index < -0.39 is 0 Å². The highest BCUT2D eigenvalue weighted by atomic mass is 16.6. The number of ether oxygens (including phenoxy) is 1. The van der Waals surface area contributed by atoms with Gasteiger partial charge in [-0.15, -0.1) is 0 Å². The van der Waals surface area contributed by atoms with E-state index >= 15 is 0 Å². The topological polar surface area (TPSA) is 30.5 Å².